The summed E-state index contributed by atoms with van der Waals surface area (Å²) in [4.78, 5) is 9.44. The zero-order chi connectivity index (χ0) is 16.7. The Morgan fingerprint density at radius 2 is 1.88 bits per heavy atom. The van der Waals surface area contributed by atoms with Gasteiger partial charge in [-0.15, -0.1) is 0 Å². The number of fused-ring (bicyclic) bond motifs is 1. The van der Waals surface area contributed by atoms with Crippen LogP contribution in [0.3, 0.4) is 0 Å². The number of hydrogen-bond donors (Lipinski definition) is 0. The van der Waals surface area contributed by atoms with Crippen LogP contribution in [-0.2, 0) is 0 Å². The maximum Gasteiger partial charge on any atom is 0.155 e. The number of aryl methyl sites for hydroxylation is 1. The Bertz CT molecular complexity index is 974. The molecule has 0 amide bonds. The Balaban J connectivity index is 1.69. The van der Waals surface area contributed by atoms with Crippen molar-refractivity contribution >= 4 is 22.5 Å². The first-order chi connectivity index (χ1) is 11.6. The van der Waals surface area contributed by atoms with Gasteiger partial charge in [-0.05, 0) is 50.1 Å². The minimum atomic E-state index is 0.466. The molecule has 1 aliphatic heterocycles. The van der Waals surface area contributed by atoms with Gasteiger partial charge in [0.15, 0.2) is 5.84 Å². The van der Waals surface area contributed by atoms with Crippen LogP contribution in [0.5, 0.6) is 0 Å². The molecule has 1 aliphatic rings. The summed E-state index contributed by atoms with van der Waals surface area (Å²) in [6.45, 7) is 7.17. The van der Waals surface area contributed by atoms with E-state index in [1.807, 2.05) is 12.1 Å². The Morgan fingerprint density at radius 3 is 2.67 bits per heavy atom. The van der Waals surface area contributed by atoms with Crippen molar-refractivity contribution in [3.63, 3.8) is 0 Å². The standard InChI is InChI=1S/C21H21N3/c1-14(2)24-11-10-17-12-16(8-9-20(17)24)19-13-22-21(23-19)18-7-5-4-6-15(18)3/h4-12,14H,13H2,1-3H3. The van der Waals surface area contributed by atoms with Crippen LogP contribution in [0.25, 0.3) is 10.9 Å². The molecule has 0 saturated carbocycles. The maximum atomic E-state index is 4.80. The van der Waals surface area contributed by atoms with Crippen LogP contribution >= 0.6 is 0 Å². The van der Waals surface area contributed by atoms with Crippen LogP contribution in [0.15, 0.2) is 64.7 Å². The molecule has 2 heterocycles. The second-order valence-electron chi connectivity index (χ2n) is 6.60. The van der Waals surface area contributed by atoms with Crippen molar-refractivity contribution in [2.75, 3.05) is 6.54 Å². The van der Waals surface area contributed by atoms with Gasteiger partial charge in [-0.3, -0.25) is 4.99 Å². The number of benzene rings is 2. The summed E-state index contributed by atoms with van der Waals surface area (Å²) in [5, 5.41) is 1.26. The summed E-state index contributed by atoms with van der Waals surface area (Å²) in [6, 6.07) is 17.5. The molecular formula is C21H21N3. The van der Waals surface area contributed by atoms with E-state index in [2.05, 4.69) is 72.9 Å². The van der Waals surface area contributed by atoms with Crippen molar-refractivity contribution in [2.45, 2.75) is 26.8 Å². The van der Waals surface area contributed by atoms with Crippen LogP contribution in [-0.4, -0.2) is 22.7 Å². The molecule has 0 atom stereocenters. The van der Waals surface area contributed by atoms with E-state index in [1.165, 1.54) is 16.5 Å². The number of aromatic nitrogens is 1. The molecule has 0 saturated heterocycles. The van der Waals surface area contributed by atoms with Crippen molar-refractivity contribution in [1.82, 2.24) is 4.57 Å². The molecule has 2 aromatic carbocycles. The van der Waals surface area contributed by atoms with Crippen LogP contribution in [0.2, 0.25) is 0 Å². The van der Waals surface area contributed by atoms with Gasteiger partial charge in [0.2, 0.25) is 0 Å². The minimum absolute atomic E-state index is 0.466. The van der Waals surface area contributed by atoms with Gasteiger partial charge >= 0.3 is 0 Å². The first-order valence-corrected chi connectivity index (χ1v) is 8.42. The quantitative estimate of drug-likeness (QED) is 0.666. The first kappa shape index (κ1) is 14.9. The predicted octanol–water partition coefficient (Wildman–Crippen LogP) is 4.78. The van der Waals surface area contributed by atoms with Crippen molar-refractivity contribution in [1.29, 1.82) is 0 Å². The molecule has 0 fully saturated rings. The summed E-state index contributed by atoms with van der Waals surface area (Å²) >= 11 is 0. The molecule has 0 spiro atoms. The Labute approximate surface area is 142 Å². The molecule has 120 valence electrons. The van der Waals surface area contributed by atoms with Crippen molar-refractivity contribution < 1.29 is 0 Å². The summed E-state index contributed by atoms with van der Waals surface area (Å²) < 4.78 is 2.30. The lowest BCUT2D eigenvalue weighted by Gasteiger charge is -2.09. The summed E-state index contributed by atoms with van der Waals surface area (Å²) in [5.74, 6) is 0.850. The van der Waals surface area contributed by atoms with E-state index in [-0.39, 0.29) is 0 Å². The van der Waals surface area contributed by atoms with Crippen LogP contribution in [0, 0.1) is 6.92 Å². The van der Waals surface area contributed by atoms with Crippen LogP contribution in [0.4, 0.5) is 0 Å². The summed E-state index contributed by atoms with van der Waals surface area (Å²) in [5.41, 5.74) is 5.82. The predicted molar refractivity (Wildman–Crippen MR) is 101 cm³/mol. The van der Waals surface area contributed by atoms with Gasteiger partial charge in [0.05, 0.1) is 12.3 Å². The lowest BCUT2D eigenvalue weighted by Crippen LogP contribution is -2.03. The highest BCUT2D eigenvalue weighted by Gasteiger charge is 2.16. The molecule has 0 bridgehead atoms. The molecule has 3 heteroatoms. The molecular weight excluding hydrogens is 294 g/mol. The van der Waals surface area contributed by atoms with Gasteiger partial charge in [-0.1, -0.05) is 30.3 Å². The summed E-state index contributed by atoms with van der Waals surface area (Å²) in [6.07, 6.45) is 2.16. The third-order valence-electron chi connectivity index (χ3n) is 4.62. The fourth-order valence-electron chi connectivity index (χ4n) is 3.27. The third kappa shape index (κ3) is 2.46. The molecule has 3 nitrogen and oxygen atoms in total. The van der Waals surface area contributed by atoms with Crippen molar-refractivity contribution in [3.05, 3.63) is 71.4 Å². The Hall–Kier alpha value is -2.68. The van der Waals surface area contributed by atoms with Gasteiger partial charge in [-0.25, -0.2) is 4.99 Å². The largest absolute Gasteiger partial charge is 0.345 e. The number of hydrogen-bond acceptors (Lipinski definition) is 2. The van der Waals surface area contributed by atoms with E-state index >= 15 is 0 Å². The monoisotopic (exact) mass is 315 g/mol. The normalized spacial score (nSPS) is 14.3. The topological polar surface area (TPSA) is 29.6 Å². The zero-order valence-electron chi connectivity index (χ0n) is 14.3. The minimum Gasteiger partial charge on any atom is -0.345 e. The van der Waals surface area contributed by atoms with Gasteiger partial charge in [0.1, 0.15) is 0 Å². The third-order valence-corrected chi connectivity index (χ3v) is 4.62. The average Bonchev–Trinajstić information content (AvgIpc) is 3.21. The molecule has 0 N–H and O–H groups in total. The fraction of sp³-hybridized carbons (Fsp3) is 0.238. The van der Waals surface area contributed by atoms with E-state index in [9.17, 15) is 0 Å². The first-order valence-electron chi connectivity index (χ1n) is 8.42. The lowest BCUT2D eigenvalue weighted by atomic mass is 10.1. The molecule has 3 aromatic rings. The highest BCUT2D eigenvalue weighted by molar-refractivity contribution is 6.18. The summed E-state index contributed by atoms with van der Waals surface area (Å²) in [7, 11) is 0. The Kier molecular flexibility index (Phi) is 3.57. The molecule has 4 rings (SSSR count). The van der Waals surface area contributed by atoms with Gasteiger partial charge in [0.25, 0.3) is 0 Å². The number of amidine groups is 1. The molecule has 0 aliphatic carbocycles. The van der Waals surface area contributed by atoms with Gasteiger partial charge < -0.3 is 4.57 Å². The van der Waals surface area contributed by atoms with E-state index in [1.54, 1.807) is 0 Å². The van der Waals surface area contributed by atoms with Crippen molar-refractivity contribution in [2.24, 2.45) is 9.98 Å². The van der Waals surface area contributed by atoms with Crippen LogP contribution in [0.1, 0.15) is 36.6 Å². The fourth-order valence-corrected chi connectivity index (χ4v) is 3.27. The smallest absolute Gasteiger partial charge is 0.155 e. The highest BCUT2D eigenvalue weighted by Crippen LogP contribution is 2.23. The average molecular weight is 315 g/mol. The highest BCUT2D eigenvalue weighted by atomic mass is 15.0. The van der Waals surface area contributed by atoms with E-state index < -0.39 is 0 Å². The van der Waals surface area contributed by atoms with Gasteiger partial charge in [0, 0.05) is 28.7 Å². The number of aliphatic imine (C=N–C) groups is 2. The van der Waals surface area contributed by atoms with Crippen LogP contribution < -0.4 is 0 Å². The van der Waals surface area contributed by atoms with E-state index in [4.69, 9.17) is 4.99 Å². The SMILES string of the molecule is Cc1ccccc1C1=NCC(c2ccc3c(ccn3C(C)C)c2)=N1. The second-order valence-corrected chi connectivity index (χ2v) is 6.60. The van der Waals surface area contributed by atoms with Crippen molar-refractivity contribution in [3.8, 4) is 0 Å². The molecule has 24 heavy (non-hydrogen) atoms. The van der Waals surface area contributed by atoms with Gasteiger partial charge in [-0.2, -0.15) is 0 Å². The maximum absolute atomic E-state index is 4.80. The number of nitrogens with zero attached hydrogens (tertiary/aromatic N) is 3. The van der Waals surface area contributed by atoms with E-state index in [0.717, 1.165) is 22.7 Å². The molecule has 0 radical (unpaired) electrons. The second kappa shape index (κ2) is 5.75. The lowest BCUT2D eigenvalue weighted by molar-refractivity contribution is 0.623. The number of rotatable bonds is 3. The zero-order valence-corrected chi connectivity index (χ0v) is 14.3. The molecule has 0 unspecified atom stereocenters. The van der Waals surface area contributed by atoms with E-state index in [0.29, 0.717) is 12.6 Å². The Morgan fingerprint density at radius 1 is 1.04 bits per heavy atom. The molecule has 1 aromatic heterocycles.